The van der Waals surface area contributed by atoms with E-state index < -0.39 is 6.09 Å². The van der Waals surface area contributed by atoms with Crippen LogP contribution in [0.1, 0.15) is 11.1 Å². The molecule has 1 heterocycles. The molecule has 0 fully saturated rings. The van der Waals surface area contributed by atoms with Crippen LogP contribution in [0.3, 0.4) is 0 Å². The third kappa shape index (κ3) is 2.74. The summed E-state index contributed by atoms with van der Waals surface area (Å²) in [6.45, 7) is 0. The minimum absolute atomic E-state index is 0.348. The van der Waals surface area contributed by atoms with Crippen molar-refractivity contribution in [1.29, 1.82) is 0 Å². The van der Waals surface area contributed by atoms with Gasteiger partial charge < -0.3 is 5.11 Å². The average molecular weight is 296 g/mol. The molecule has 0 aliphatic carbocycles. The molecule has 0 atom stereocenters. The molecule has 1 N–H and O–H groups in total. The maximum absolute atomic E-state index is 14.7. The molecule has 4 nitrogen and oxygen atoms in total. The zero-order chi connectivity index (χ0) is 15.5. The molecule has 0 aliphatic rings. The predicted molar refractivity (Wildman–Crippen MR) is 80.3 cm³/mol. The average Bonchev–Trinajstić information content (AvgIpc) is 3.00. The van der Waals surface area contributed by atoms with Gasteiger partial charge in [0.15, 0.2) is 0 Å². The molecule has 0 unspecified atom stereocenters. The van der Waals surface area contributed by atoms with Gasteiger partial charge in [0, 0.05) is 23.7 Å². The Bertz CT molecular complexity index is 813. The van der Waals surface area contributed by atoms with E-state index in [4.69, 9.17) is 5.11 Å². The van der Waals surface area contributed by atoms with E-state index in [1.807, 2.05) is 30.3 Å². The highest BCUT2D eigenvalue weighted by Crippen LogP contribution is 2.26. The van der Waals surface area contributed by atoms with Gasteiger partial charge >= 0.3 is 6.09 Å². The van der Waals surface area contributed by atoms with E-state index in [2.05, 4.69) is 5.10 Å². The van der Waals surface area contributed by atoms with Gasteiger partial charge in [0.2, 0.25) is 0 Å². The van der Waals surface area contributed by atoms with Gasteiger partial charge in [-0.2, -0.15) is 9.78 Å². The molecule has 2 aromatic carbocycles. The van der Waals surface area contributed by atoms with Crippen LogP contribution in [0, 0.1) is 5.82 Å². The summed E-state index contributed by atoms with van der Waals surface area (Å²) in [5, 5.41) is 12.6. The summed E-state index contributed by atoms with van der Waals surface area (Å²) in [7, 11) is 0. The Hall–Kier alpha value is -2.95. The minimum atomic E-state index is -1.20. The fraction of sp³-hybridized carbons (Fsp3) is 0.0588. The number of nitrogens with zero attached hydrogens (tertiary/aromatic N) is 2. The standard InChI is InChI=1S/C17H13FN2O2/c18-16-13(9-12-5-2-1-3-6-12)7-4-8-15(16)14-10-19-20(11-14)17(21)22/h1-8,10-11H,9H2,(H,21,22). The summed E-state index contributed by atoms with van der Waals surface area (Å²) in [5.74, 6) is -0.351. The molecular formula is C17H13FN2O2. The zero-order valence-corrected chi connectivity index (χ0v) is 11.6. The van der Waals surface area contributed by atoms with E-state index in [9.17, 15) is 9.18 Å². The lowest BCUT2D eigenvalue weighted by Crippen LogP contribution is -2.07. The number of benzene rings is 2. The molecule has 22 heavy (non-hydrogen) atoms. The molecule has 3 rings (SSSR count). The third-order valence-electron chi connectivity index (χ3n) is 3.41. The summed E-state index contributed by atoms with van der Waals surface area (Å²) in [4.78, 5) is 10.8. The first-order valence-corrected chi connectivity index (χ1v) is 6.75. The Morgan fingerprint density at radius 3 is 2.59 bits per heavy atom. The SMILES string of the molecule is O=C(O)n1cc(-c2cccc(Cc3ccccc3)c2F)cn1. The maximum Gasteiger partial charge on any atom is 0.432 e. The van der Waals surface area contributed by atoms with Crippen LogP contribution in [0.15, 0.2) is 60.9 Å². The molecule has 3 aromatic rings. The summed E-state index contributed by atoms with van der Waals surface area (Å²) in [6.07, 6.45) is 1.92. The van der Waals surface area contributed by atoms with Crippen molar-refractivity contribution in [3.63, 3.8) is 0 Å². The van der Waals surface area contributed by atoms with Crippen molar-refractivity contribution in [3.8, 4) is 11.1 Å². The summed E-state index contributed by atoms with van der Waals surface area (Å²) in [6, 6.07) is 14.7. The molecule has 0 amide bonds. The first kappa shape index (κ1) is 14.0. The first-order chi connectivity index (χ1) is 10.6. The van der Waals surface area contributed by atoms with Gasteiger partial charge in [-0.25, -0.2) is 9.18 Å². The lowest BCUT2D eigenvalue weighted by molar-refractivity contribution is 0.192. The van der Waals surface area contributed by atoms with Crippen LogP contribution in [0.4, 0.5) is 9.18 Å². The molecule has 5 heteroatoms. The van der Waals surface area contributed by atoms with Crippen LogP contribution < -0.4 is 0 Å². The molecule has 0 saturated carbocycles. The monoisotopic (exact) mass is 296 g/mol. The second-order valence-corrected chi connectivity index (χ2v) is 4.90. The zero-order valence-electron chi connectivity index (χ0n) is 11.6. The molecule has 0 bridgehead atoms. The van der Waals surface area contributed by atoms with Gasteiger partial charge in [-0.3, -0.25) is 0 Å². The number of hydrogen-bond donors (Lipinski definition) is 1. The van der Waals surface area contributed by atoms with Gasteiger partial charge in [0.1, 0.15) is 5.82 Å². The van der Waals surface area contributed by atoms with Crippen LogP contribution in [0.25, 0.3) is 11.1 Å². The number of carbonyl (C=O) groups is 1. The normalized spacial score (nSPS) is 10.6. The van der Waals surface area contributed by atoms with Crippen LogP contribution in [-0.4, -0.2) is 21.0 Å². The van der Waals surface area contributed by atoms with Crippen LogP contribution in [0.2, 0.25) is 0 Å². The van der Waals surface area contributed by atoms with E-state index in [1.54, 1.807) is 18.2 Å². The van der Waals surface area contributed by atoms with Crippen molar-refractivity contribution < 1.29 is 14.3 Å². The van der Waals surface area contributed by atoms with E-state index in [0.29, 0.717) is 23.1 Å². The van der Waals surface area contributed by atoms with Gasteiger partial charge in [0.25, 0.3) is 0 Å². The van der Waals surface area contributed by atoms with Crippen molar-refractivity contribution >= 4 is 6.09 Å². The number of hydrogen-bond acceptors (Lipinski definition) is 2. The maximum atomic E-state index is 14.7. The van der Waals surface area contributed by atoms with E-state index in [0.717, 1.165) is 10.2 Å². The highest BCUT2D eigenvalue weighted by Gasteiger charge is 2.13. The highest BCUT2D eigenvalue weighted by atomic mass is 19.1. The van der Waals surface area contributed by atoms with Crippen LogP contribution in [0.5, 0.6) is 0 Å². The highest BCUT2D eigenvalue weighted by molar-refractivity contribution is 5.71. The molecule has 0 radical (unpaired) electrons. The Morgan fingerprint density at radius 2 is 1.91 bits per heavy atom. The Kier molecular flexibility index (Phi) is 3.70. The van der Waals surface area contributed by atoms with E-state index >= 15 is 0 Å². The summed E-state index contributed by atoms with van der Waals surface area (Å²) < 4.78 is 15.4. The molecule has 0 aliphatic heterocycles. The Morgan fingerprint density at radius 1 is 1.14 bits per heavy atom. The van der Waals surface area contributed by atoms with Crippen molar-refractivity contribution in [2.24, 2.45) is 0 Å². The molecular weight excluding hydrogens is 283 g/mol. The van der Waals surface area contributed by atoms with Crippen molar-refractivity contribution in [2.75, 3.05) is 0 Å². The van der Waals surface area contributed by atoms with Crippen molar-refractivity contribution in [2.45, 2.75) is 6.42 Å². The molecule has 1 aromatic heterocycles. The third-order valence-corrected chi connectivity index (χ3v) is 3.41. The number of carboxylic acid groups (broad SMARTS) is 1. The number of halogens is 1. The molecule has 0 spiro atoms. The van der Waals surface area contributed by atoms with Crippen LogP contribution >= 0.6 is 0 Å². The first-order valence-electron chi connectivity index (χ1n) is 6.75. The number of rotatable bonds is 3. The summed E-state index contributed by atoms with van der Waals surface area (Å²) in [5.41, 5.74) is 2.36. The quantitative estimate of drug-likeness (QED) is 0.799. The lowest BCUT2D eigenvalue weighted by atomic mass is 10.00. The van der Waals surface area contributed by atoms with Gasteiger partial charge in [-0.15, -0.1) is 0 Å². The minimum Gasteiger partial charge on any atom is -0.463 e. The van der Waals surface area contributed by atoms with E-state index in [-0.39, 0.29) is 5.82 Å². The fourth-order valence-corrected chi connectivity index (χ4v) is 2.32. The topological polar surface area (TPSA) is 55.1 Å². The molecule has 0 saturated heterocycles. The Labute approximate surface area is 126 Å². The second-order valence-electron chi connectivity index (χ2n) is 4.90. The van der Waals surface area contributed by atoms with Gasteiger partial charge in [-0.1, -0.05) is 48.5 Å². The predicted octanol–water partition coefficient (Wildman–Crippen LogP) is 3.81. The fourth-order valence-electron chi connectivity index (χ4n) is 2.32. The largest absolute Gasteiger partial charge is 0.463 e. The smallest absolute Gasteiger partial charge is 0.432 e. The van der Waals surface area contributed by atoms with Gasteiger partial charge in [-0.05, 0) is 11.1 Å². The summed E-state index contributed by atoms with van der Waals surface area (Å²) >= 11 is 0. The van der Waals surface area contributed by atoms with Crippen molar-refractivity contribution in [3.05, 3.63) is 77.9 Å². The lowest BCUT2D eigenvalue weighted by Gasteiger charge is -2.07. The van der Waals surface area contributed by atoms with Crippen LogP contribution in [-0.2, 0) is 6.42 Å². The Balaban J connectivity index is 1.96. The van der Waals surface area contributed by atoms with Gasteiger partial charge in [0.05, 0.1) is 6.20 Å². The second kappa shape index (κ2) is 5.81. The number of aromatic nitrogens is 2. The van der Waals surface area contributed by atoms with Crippen molar-refractivity contribution in [1.82, 2.24) is 9.78 Å². The van der Waals surface area contributed by atoms with E-state index in [1.165, 1.54) is 12.4 Å². The molecule has 110 valence electrons.